The predicted molar refractivity (Wildman–Crippen MR) is 176 cm³/mol. The molecule has 0 radical (unpaired) electrons. The highest BCUT2D eigenvalue weighted by Gasteiger charge is 2.20. The predicted octanol–water partition coefficient (Wildman–Crippen LogP) is 9.84. The first kappa shape index (κ1) is 25.1. The Balaban J connectivity index is 1.42. The average molecular weight is 560 g/mol. The molecule has 0 spiro atoms. The van der Waals surface area contributed by atoms with Gasteiger partial charge in [-0.15, -0.1) is 0 Å². The van der Waals surface area contributed by atoms with E-state index >= 15 is 0 Å². The van der Waals surface area contributed by atoms with E-state index in [-0.39, 0.29) is 0 Å². The van der Waals surface area contributed by atoms with Gasteiger partial charge in [0.15, 0.2) is 0 Å². The SMILES string of the molecule is [C-]#[N+]c1cccc(-c2cccc(-n3c4ccc(C#N)cc4c4cc(C#N)ccc43)c2)c1-n1c2ccccc2c2ccccc21. The lowest BCUT2D eigenvalue weighted by atomic mass is 10.0. The largest absolute Gasteiger partial charge is 0.318 e. The molecule has 0 fully saturated rings. The van der Waals surface area contributed by atoms with Gasteiger partial charge in [0, 0.05) is 27.2 Å². The van der Waals surface area contributed by atoms with Gasteiger partial charge in [-0.2, -0.15) is 10.5 Å². The van der Waals surface area contributed by atoms with Crippen LogP contribution in [0.1, 0.15) is 11.1 Å². The number of aromatic nitrogens is 2. The van der Waals surface area contributed by atoms with Crippen molar-refractivity contribution in [3.63, 3.8) is 0 Å². The first-order chi connectivity index (χ1) is 21.7. The van der Waals surface area contributed by atoms with Gasteiger partial charge >= 0.3 is 0 Å². The Kier molecular flexibility index (Phi) is 5.56. The van der Waals surface area contributed by atoms with Gasteiger partial charge in [-0.3, -0.25) is 0 Å². The van der Waals surface area contributed by atoms with Crippen LogP contribution in [0, 0.1) is 29.2 Å². The minimum absolute atomic E-state index is 0.569. The summed E-state index contributed by atoms with van der Waals surface area (Å²) in [6.45, 7) is 8.13. The van der Waals surface area contributed by atoms with Crippen LogP contribution in [0.2, 0.25) is 0 Å². The summed E-state index contributed by atoms with van der Waals surface area (Å²) in [4.78, 5) is 3.98. The average Bonchev–Trinajstić information content (AvgIpc) is 3.59. The fraction of sp³-hybridized carbons (Fsp3) is 0. The molecule has 2 heterocycles. The molecule has 0 unspecified atom stereocenters. The highest BCUT2D eigenvalue weighted by atomic mass is 15.0. The van der Waals surface area contributed by atoms with Crippen LogP contribution >= 0.6 is 0 Å². The Hall–Kier alpha value is -6.61. The molecule has 2 aromatic heterocycles. The van der Waals surface area contributed by atoms with Gasteiger partial charge in [0.2, 0.25) is 5.69 Å². The van der Waals surface area contributed by atoms with Crippen LogP contribution < -0.4 is 0 Å². The van der Waals surface area contributed by atoms with E-state index in [2.05, 4.69) is 86.8 Å². The molecule has 5 heteroatoms. The lowest BCUT2D eigenvalue weighted by molar-refractivity contribution is 1.17. The quantitative estimate of drug-likeness (QED) is 0.202. The summed E-state index contributed by atoms with van der Waals surface area (Å²) in [6.07, 6.45) is 0. The van der Waals surface area contributed by atoms with Gasteiger partial charge in [0.25, 0.3) is 0 Å². The van der Waals surface area contributed by atoms with Crippen molar-refractivity contribution in [2.24, 2.45) is 0 Å². The summed E-state index contributed by atoms with van der Waals surface area (Å²) >= 11 is 0. The van der Waals surface area contributed by atoms with Gasteiger partial charge in [-0.05, 0) is 71.8 Å². The second kappa shape index (κ2) is 9.74. The molecule has 0 saturated carbocycles. The molecule has 44 heavy (non-hydrogen) atoms. The van der Waals surface area contributed by atoms with Crippen LogP contribution in [0.5, 0.6) is 0 Å². The van der Waals surface area contributed by atoms with Crippen molar-refractivity contribution in [3.8, 4) is 34.6 Å². The van der Waals surface area contributed by atoms with Gasteiger partial charge in [-0.25, -0.2) is 4.85 Å². The summed E-state index contributed by atoms with van der Waals surface area (Å²) in [5.41, 5.74) is 9.41. The zero-order chi connectivity index (χ0) is 29.8. The fourth-order valence-corrected chi connectivity index (χ4v) is 6.51. The normalized spacial score (nSPS) is 11.1. The zero-order valence-electron chi connectivity index (χ0n) is 23.4. The number of nitrogens with zero attached hydrogens (tertiary/aromatic N) is 5. The maximum atomic E-state index is 9.60. The fourth-order valence-electron chi connectivity index (χ4n) is 6.51. The summed E-state index contributed by atoms with van der Waals surface area (Å²) in [5, 5.41) is 23.3. The van der Waals surface area contributed by atoms with E-state index in [1.54, 1.807) is 0 Å². The van der Waals surface area contributed by atoms with E-state index in [9.17, 15) is 10.5 Å². The van der Waals surface area contributed by atoms with E-state index in [4.69, 9.17) is 6.57 Å². The third kappa shape index (κ3) is 3.63. The molecule has 0 saturated heterocycles. The highest BCUT2D eigenvalue weighted by molar-refractivity contribution is 6.11. The summed E-state index contributed by atoms with van der Waals surface area (Å²) < 4.78 is 4.39. The molecular formula is C39H21N5. The minimum Gasteiger partial charge on any atom is -0.318 e. The number of hydrogen-bond donors (Lipinski definition) is 0. The molecule has 0 aliphatic rings. The molecule has 0 N–H and O–H groups in total. The maximum absolute atomic E-state index is 9.60. The van der Waals surface area contributed by atoms with Crippen molar-refractivity contribution < 1.29 is 0 Å². The summed E-state index contributed by atoms with van der Waals surface area (Å²) in [7, 11) is 0. The van der Waals surface area contributed by atoms with E-state index in [1.165, 1.54) is 0 Å². The molecule has 5 nitrogen and oxygen atoms in total. The number of benzene rings is 6. The lowest BCUT2D eigenvalue weighted by Crippen LogP contribution is -1.99. The van der Waals surface area contributed by atoms with Crippen LogP contribution in [-0.4, -0.2) is 9.13 Å². The van der Waals surface area contributed by atoms with Crippen molar-refractivity contribution in [2.75, 3.05) is 0 Å². The molecular weight excluding hydrogens is 538 g/mol. The third-order valence-corrected chi connectivity index (χ3v) is 8.38. The van der Waals surface area contributed by atoms with Gasteiger partial charge in [0.05, 0.1) is 57.6 Å². The lowest BCUT2D eigenvalue weighted by Gasteiger charge is -2.17. The Labute approximate surface area is 253 Å². The summed E-state index contributed by atoms with van der Waals surface area (Å²) in [5.74, 6) is 0. The zero-order valence-corrected chi connectivity index (χ0v) is 23.4. The van der Waals surface area contributed by atoms with Crippen LogP contribution in [0.3, 0.4) is 0 Å². The van der Waals surface area contributed by atoms with Crippen LogP contribution in [0.4, 0.5) is 5.69 Å². The van der Waals surface area contributed by atoms with Crippen LogP contribution in [-0.2, 0) is 0 Å². The number of nitriles is 2. The van der Waals surface area contributed by atoms with E-state index in [1.807, 2.05) is 66.7 Å². The van der Waals surface area contributed by atoms with E-state index < -0.39 is 0 Å². The molecule has 202 valence electrons. The van der Waals surface area contributed by atoms with Crippen LogP contribution in [0.15, 0.2) is 127 Å². The standard InChI is InChI=1S/C39H21N5/c1-42-34-13-7-12-29(39(34)44-35-14-4-2-10-30(35)31-11-3-5-15-36(31)44)27-8-6-9-28(22-27)43-37-18-16-25(23-40)20-32(37)33-21-26(24-41)17-19-38(33)43/h2-22H. The van der Waals surface area contributed by atoms with E-state index in [0.717, 1.165) is 66.1 Å². The van der Waals surface area contributed by atoms with Crippen molar-refractivity contribution >= 4 is 49.3 Å². The Morgan fingerprint density at radius 3 is 1.68 bits per heavy atom. The monoisotopic (exact) mass is 559 g/mol. The Morgan fingerprint density at radius 1 is 0.523 bits per heavy atom. The molecule has 0 amide bonds. The van der Waals surface area contributed by atoms with Gasteiger partial charge in [-0.1, -0.05) is 66.7 Å². The molecule has 6 aromatic carbocycles. The first-order valence-corrected chi connectivity index (χ1v) is 14.2. The maximum Gasteiger partial charge on any atom is 0.211 e. The number of rotatable bonds is 3. The molecule has 0 aliphatic heterocycles. The Morgan fingerprint density at radius 2 is 1.09 bits per heavy atom. The third-order valence-electron chi connectivity index (χ3n) is 8.38. The second-order valence-corrected chi connectivity index (χ2v) is 10.7. The molecule has 0 aliphatic carbocycles. The number of para-hydroxylation sites is 3. The topological polar surface area (TPSA) is 61.8 Å². The molecule has 8 rings (SSSR count). The summed E-state index contributed by atoms with van der Waals surface area (Å²) in [6, 6.07) is 46.8. The molecule has 0 atom stereocenters. The number of hydrogen-bond acceptors (Lipinski definition) is 2. The van der Waals surface area contributed by atoms with Crippen molar-refractivity contribution in [3.05, 3.63) is 150 Å². The van der Waals surface area contributed by atoms with Crippen molar-refractivity contribution in [1.29, 1.82) is 10.5 Å². The van der Waals surface area contributed by atoms with Gasteiger partial charge < -0.3 is 9.13 Å². The first-order valence-electron chi connectivity index (χ1n) is 14.2. The molecule has 8 aromatic rings. The highest BCUT2D eigenvalue weighted by Crippen LogP contribution is 2.41. The molecule has 0 bridgehead atoms. The van der Waals surface area contributed by atoms with Crippen molar-refractivity contribution in [1.82, 2.24) is 9.13 Å². The van der Waals surface area contributed by atoms with Gasteiger partial charge in [0.1, 0.15) is 0 Å². The minimum atomic E-state index is 0.569. The van der Waals surface area contributed by atoms with Crippen LogP contribution in [0.25, 0.3) is 71.0 Å². The van der Waals surface area contributed by atoms with E-state index in [0.29, 0.717) is 16.8 Å². The number of fused-ring (bicyclic) bond motifs is 6. The van der Waals surface area contributed by atoms with Crippen molar-refractivity contribution in [2.45, 2.75) is 0 Å². The second-order valence-electron chi connectivity index (χ2n) is 10.7. The smallest absolute Gasteiger partial charge is 0.211 e. The Bertz CT molecular complexity index is 2470.